The van der Waals surface area contributed by atoms with Crippen LogP contribution in [-0.2, 0) is 4.79 Å². The van der Waals surface area contributed by atoms with Crippen molar-refractivity contribution in [1.82, 2.24) is 4.98 Å². The summed E-state index contributed by atoms with van der Waals surface area (Å²) < 4.78 is 19.6. The van der Waals surface area contributed by atoms with Crippen molar-refractivity contribution in [3.05, 3.63) is 47.0 Å². The summed E-state index contributed by atoms with van der Waals surface area (Å²) in [4.78, 5) is 15.3. The fourth-order valence-electron chi connectivity index (χ4n) is 2.58. The molecule has 0 fully saturated rings. The number of rotatable bonds is 3. The molecule has 0 aliphatic carbocycles. The molecule has 5 nitrogen and oxygen atoms in total. The van der Waals surface area contributed by atoms with Gasteiger partial charge in [0.05, 0.1) is 29.6 Å². The third-order valence-corrected chi connectivity index (χ3v) is 3.91. The number of aromatic nitrogens is 1. The van der Waals surface area contributed by atoms with Gasteiger partial charge in [0.25, 0.3) is 5.91 Å². The van der Waals surface area contributed by atoms with Crippen LogP contribution in [0.2, 0.25) is 0 Å². The van der Waals surface area contributed by atoms with Crippen molar-refractivity contribution in [1.29, 1.82) is 0 Å². The lowest BCUT2D eigenvalue weighted by molar-refractivity contribution is -0.110. The van der Waals surface area contributed by atoms with E-state index in [0.717, 1.165) is 0 Å². The van der Waals surface area contributed by atoms with Gasteiger partial charge in [0.2, 0.25) is 0 Å². The highest BCUT2D eigenvalue weighted by Gasteiger charge is 2.28. The fourth-order valence-corrected chi connectivity index (χ4v) is 2.58. The first kappa shape index (κ1) is 16.8. The van der Waals surface area contributed by atoms with E-state index in [1.165, 1.54) is 19.2 Å². The van der Waals surface area contributed by atoms with Crippen LogP contribution in [-0.4, -0.2) is 29.2 Å². The minimum absolute atomic E-state index is 0.0834. The Hall–Kier alpha value is -3.04. The van der Waals surface area contributed by atoms with Crippen molar-refractivity contribution < 1.29 is 19.0 Å². The van der Waals surface area contributed by atoms with Crippen LogP contribution < -0.4 is 10.1 Å². The number of methoxy groups -OCH3 is 1. The molecular formula is C19H17FN2O3. The molecule has 1 atom stereocenters. The standard InChI is InChI=1S/C19H17FN2O3/c1-3-11(23)4-5-12-14(20)6-7-15-18(12)13(19(24)22-15)10-16-17(25-2)8-9-21-16/h6-11,21,23H,3H2,1-2H3,(H,22,24). The molecule has 1 unspecified atom stereocenters. The number of ether oxygens (including phenoxy) is 1. The molecule has 3 rings (SSSR count). The van der Waals surface area contributed by atoms with E-state index in [1.807, 2.05) is 0 Å². The highest BCUT2D eigenvalue weighted by Crippen LogP contribution is 2.37. The van der Waals surface area contributed by atoms with Crippen molar-refractivity contribution >= 4 is 23.2 Å². The van der Waals surface area contributed by atoms with Crippen molar-refractivity contribution in [2.45, 2.75) is 19.4 Å². The number of anilines is 1. The second-order valence-electron chi connectivity index (χ2n) is 5.51. The van der Waals surface area contributed by atoms with E-state index < -0.39 is 11.9 Å². The van der Waals surface area contributed by atoms with Crippen LogP contribution in [0, 0.1) is 17.7 Å². The lowest BCUT2D eigenvalue weighted by Crippen LogP contribution is -2.03. The molecule has 1 aliphatic heterocycles. The lowest BCUT2D eigenvalue weighted by Gasteiger charge is -2.05. The first-order valence-corrected chi connectivity index (χ1v) is 7.82. The number of aliphatic hydroxyl groups is 1. The number of fused-ring (bicyclic) bond motifs is 1. The first-order valence-electron chi connectivity index (χ1n) is 7.82. The number of hydrogen-bond donors (Lipinski definition) is 3. The zero-order valence-electron chi connectivity index (χ0n) is 13.8. The number of halogens is 1. The maximum Gasteiger partial charge on any atom is 0.256 e. The quantitative estimate of drug-likeness (QED) is 0.594. The molecule has 0 saturated carbocycles. The molecule has 0 spiro atoms. The third kappa shape index (κ3) is 3.14. The smallest absolute Gasteiger partial charge is 0.256 e. The molecule has 1 aliphatic rings. The van der Waals surface area contributed by atoms with Gasteiger partial charge in [-0.25, -0.2) is 4.39 Å². The Morgan fingerprint density at radius 2 is 2.20 bits per heavy atom. The minimum atomic E-state index is -0.851. The summed E-state index contributed by atoms with van der Waals surface area (Å²) in [5.74, 6) is 4.95. The molecule has 2 aromatic rings. The topological polar surface area (TPSA) is 74.3 Å². The van der Waals surface area contributed by atoms with Crippen LogP contribution in [0.3, 0.4) is 0 Å². The predicted octanol–water partition coefficient (Wildman–Crippen LogP) is 2.78. The second-order valence-corrected chi connectivity index (χ2v) is 5.51. The van der Waals surface area contributed by atoms with Crippen LogP contribution in [0.4, 0.5) is 10.1 Å². The Kier molecular flexibility index (Phi) is 4.59. The number of carbonyl (C=O) groups excluding carboxylic acids is 1. The number of H-pyrrole nitrogens is 1. The van der Waals surface area contributed by atoms with Gasteiger partial charge in [-0.05, 0) is 30.7 Å². The molecular weight excluding hydrogens is 323 g/mol. The molecule has 0 saturated heterocycles. The van der Waals surface area contributed by atoms with E-state index in [-0.39, 0.29) is 17.0 Å². The van der Waals surface area contributed by atoms with Gasteiger partial charge in [-0.15, -0.1) is 0 Å². The molecule has 3 N–H and O–H groups in total. The summed E-state index contributed by atoms with van der Waals surface area (Å²) in [5.41, 5.74) is 1.83. The maximum atomic E-state index is 14.3. The average Bonchev–Trinajstić information content (AvgIpc) is 3.18. The second kappa shape index (κ2) is 6.83. The molecule has 2 heterocycles. The molecule has 6 heteroatoms. The van der Waals surface area contributed by atoms with Gasteiger partial charge in [-0.2, -0.15) is 0 Å². The molecule has 1 aromatic heterocycles. The largest absolute Gasteiger partial charge is 0.495 e. The van der Waals surface area contributed by atoms with Gasteiger partial charge in [0.1, 0.15) is 17.7 Å². The van der Waals surface area contributed by atoms with Crippen LogP contribution in [0.5, 0.6) is 5.75 Å². The van der Waals surface area contributed by atoms with E-state index in [0.29, 0.717) is 29.1 Å². The minimum Gasteiger partial charge on any atom is -0.495 e. The Bertz CT molecular complexity index is 918. The summed E-state index contributed by atoms with van der Waals surface area (Å²) in [6, 6.07) is 4.47. The van der Waals surface area contributed by atoms with Gasteiger partial charge in [-0.1, -0.05) is 18.8 Å². The first-order chi connectivity index (χ1) is 12.0. The fraction of sp³-hybridized carbons (Fsp3) is 0.211. The Balaban J connectivity index is 2.16. The van der Waals surface area contributed by atoms with Gasteiger partial charge >= 0.3 is 0 Å². The number of benzene rings is 1. The van der Waals surface area contributed by atoms with Crippen molar-refractivity contribution in [3.63, 3.8) is 0 Å². The summed E-state index contributed by atoms with van der Waals surface area (Å²) >= 11 is 0. The van der Waals surface area contributed by atoms with Crippen molar-refractivity contribution in [2.24, 2.45) is 0 Å². The van der Waals surface area contributed by atoms with Gasteiger partial charge in [0, 0.05) is 11.8 Å². The maximum absolute atomic E-state index is 14.3. The highest BCUT2D eigenvalue weighted by molar-refractivity contribution is 6.35. The number of nitrogens with one attached hydrogen (secondary N) is 2. The van der Waals surface area contributed by atoms with Crippen LogP contribution >= 0.6 is 0 Å². The van der Waals surface area contributed by atoms with Crippen LogP contribution in [0.1, 0.15) is 30.2 Å². The molecule has 1 aromatic carbocycles. The molecule has 1 amide bonds. The number of hydrogen-bond acceptors (Lipinski definition) is 3. The summed E-state index contributed by atoms with van der Waals surface area (Å²) in [7, 11) is 1.52. The number of carbonyl (C=O) groups is 1. The third-order valence-electron chi connectivity index (χ3n) is 3.91. The van der Waals surface area contributed by atoms with Gasteiger partial charge in [-0.3, -0.25) is 4.79 Å². The van der Waals surface area contributed by atoms with Crippen LogP contribution in [0.25, 0.3) is 11.6 Å². The number of aliphatic hydroxyl groups excluding tert-OH is 1. The zero-order chi connectivity index (χ0) is 18.0. The Morgan fingerprint density at radius 3 is 2.92 bits per heavy atom. The van der Waals surface area contributed by atoms with E-state index in [1.54, 1.807) is 25.3 Å². The number of amides is 1. The summed E-state index contributed by atoms with van der Waals surface area (Å²) in [6.45, 7) is 1.78. The number of aromatic amines is 1. The summed E-state index contributed by atoms with van der Waals surface area (Å²) in [6.07, 6.45) is 2.86. The van der Waals surface area contributed by atoms with E-state index in [9.17, 15) is 14.3 Å². The molecule has 0 radical (unpaired) electrons. The Labute approximate surface area is 144 Å². The molecule has 0 bridgehead atoms. The Morgan fingerprint density at radius 1 is 1.40 bits per heavy atom. The molecule has 128 valence electrons. The van der Waals surface area contributed by atoms with Crippen LogP contribution in [0.15, 0.2) is 24.4 Å². The van der Waals surface area contributed by atoms with E-state index in [2.05, 4.69) is 22.1 Å². The highest BCUT2D eigenvalue weighted by atomic mass is 19.1. The SMILES string of the molecule is CCC(O)C#Cc1c(F)ccc2c1C(=Cc1[nH]ccc1OC)C(=O)N2. The van der Waals surface area contributed by atoms with Crippen molar-refractivity contribution in [2.75, 3.05) is 12.4 Å². The van der Waals surface area contributed by atoms with Crippen molar-refractivity contribution in [3.8, 4) is 17.6 Å². The van der Waals surface area contributed by atoms with Gasteiger partial charge in [0.15, 0.2) is 0 Å². The van der Waals surface area contributed by atoms with Gasteiger partial charge < -0.3 is 20.1 Å². The average molecular weight is 340 g/mol. The zero-order valence-corrected chi connectivity index (χ0v) is 13.8. The van der Waals surface area contributed by atoms with E-state index in [4.69, 9.17) is 4.74 Å². The monoisotopic (exact) mass is 340 g/mol. The van der Waals surface area contributed by atoms with E-state index >= 15 is 0 Å². The predicted molar refractivity (Wildman–Crippen MR) is 93.4 cm³/mol. The lowest BCUT2D eigenvalue weighted by atomic mass is 9.99. The molecule has 25 heavy (non-hydrogen) atoms. The summed E-state index contributed by atoms with van der Waals surface area (Å²) in [5, 5.41) is 12.3. The normalized spacial score (nSPS) is 15.4.